The smallest absolute Gasteiger partial charge is 0.0746 e. The van der Waals surface area contributed by atoms with Gasteiger partial charge in [-0.05, 0) is 18.0 Å². The summed E-state index contributed by atoms with van der Waals surface area (Å²) in [5.41, 5.74) is 1.08. The first-order valence-corrected chi connectivity index (χ1v) is 3.41. The van der Waals surface area contributed by atoms with Crippen LogP contribution in [0, 0.1) is 0 Å². The number of hydrogen-bond donors (Lipinski definition) is 2. The van der Waals surface area contributed by atoms with Crippen LogP contribution in [-0.2, 0) is 0 Å². The largest absolute Gasteiger partial charge is 0.332 e. The molecule has 0 bridgehead atoms. The third-order valence-corrected chi connectivity index (χ3v) is 1.92. The molecule has 2 heterocycles. The van der Waals surface area contributed by atoms with Gasteiger partial charge in [-0.25, -0.2) is 0 Å². The Labute approximate surface area is 56.7 Å². The molecule has 0 saturated carbocycles. The van der Waals surface area contributed by atoms with Gasteiger partial charge in [0.05, 0.1) is 16.8 Å². The van der Waals surface area contributed by atoms with Gasteiger partial charge in [0.25, 0.3) is 0 Å². The molecule has 0 fully saturated rings. The van der Waals surface area contributed by atoms with E-state index in [1.165, 1.54) is 0 Å². The van der Waals surface area contributed by atoms with E-state index in [0.717, 1.165) is 10.6 Å². The first kappa shape index (κ1) is 4.93. The standard InChI is InChI=1S/C5H5N3S/c1-2-7-9-5-3-6-8-4(1)5/h1-3,7H,(H,6,8). The summed E-state index contributed by atoms with van der Waals surface area (Å²) in [4.78, 5) is 1.15. The summed E-state index contributed by atoms with van der Waals surface area (Å²) in [6.45, 7) is 0. The van der Waals surface area contributed by atoms with Crippen LogP contribution in [0.4, 0.5) is 0 Å². The lowest BCUT2D eigenvalue weighted by Gasteiger charge is -2.02. The van der Waals surface area contributed by atoms with Crippen LogP contribution in [0.2, 0.25) is 0 Å². The van der Waals surface area contributed by atoms with Gasteiger partial charge in [0.15, 0.2) is 0 Å². The molecule has 1 aliphatic heterocycles. The molecule has 2 rings (SSSR count). The van der Waals surface area contributed by atoms with Crippen molar-refractivity contribution in [2.75, 3.05) is 0 Å². The number of fused-ring (bicyclic) bond motifs is 1. The Morgan fingerprint density at radius 1 is 1.56 bits per heavy atom. The predicted molar refractivity (Wildman–Crippen MR) is 36.6 cm³/mol. The fourth-order valence-electron chi connectivity index (χ4n) is 0.701. The molecule has 0 aliphatic carbocycles. The number of nitrogens with one attached hydrogen (secondary N) is 2. The molecule has 0 amide bonds. The van der Waals surface area contributed by atoms with Gasteiger partial charge in [-0.3, -0.25) is 5.10 Å². The predicted octanol–water partition coefficient (Wildman–Crippen LogP) is 0.991. The number of rotatable bonds is 0. The number of hydrogen-bond acceptors (Lipinski definition) is 3. The van der Waals surface area contributed by atoms with Crippen molar-refractivity contribution in [1.82, 2.24) is 14.9 Å². The highest BCUT2D eigenvalue weighted by Gasteiger charge is 2.04. The van der Waals surface area contributed by atoms with Crippen molar-refractivity contribution in [3.05, 3.63) is 18.1 Å². The summed E-state index contributed by atoms with van der Waals surface area (Å²) < 4.78 is 3.00. The summed E-state index contributed by atoms with van der Waals surface area (Å²) >= 11 is 1.56. The molecule has 3 nitrogen and oxygen atoms in total. The maximum Gasteiger partial charge on any atom is 0.0746 e. The number of aromatic nitrogens is 2. The highest BCUT2D eigenvalue weighted by Crippen LogP contribution is 2.21. The van der Waals surface area contributed by atoms with Crippen LogP contribution in [0.5, 0.6) is 0 Å². The molecule has 1 aliphatic rings. The number of aromatic amines is 1. The summed E-state index contributed by atoms with van der Waals surface area (Å²) in [6, 6.07) is 0. The average molecular weight is 139 g/mol. The maximum absolute atomic E-state index is 3.87. The van der Waals surface area contributed by atoms with Crippen molar-refractivity contribution >= 4 is 18.0 Å². The van der Waals surface area contributed by atoms with Crippen LogP contribution in [-0.4, -0.2) is 10.2 Å². The van der Waals surface area contributed by atoms with Crippen LogP contribution >= 0.6 is 11.9 Å². The quantitative estimate of drug-likeness (QED) is 0.526. The van der Waals surface area contributed by atoms with Gasteiger partial charge in [0.1, 0.15) is 0 Å². The lowest BCUT2D eigenvalue weighted by Crippen LogP contribution is -1.95. The lowest BCUT2D eigenvalue weighted by atomic mass is 10.4. The van der Waals surface area contributed by atoms with Gasteiger partial charge in [-0.15, -0.1) is 0 Å². The molecule has 0 aromatic carbocycles. The van der Waals surface area contributed by atoms with E-state index in [1.807, 2.05) is 12.3 Å². The third-order valence-electron chi connectivity index (χ3n) is 1.12. The zero-order chi connectivity index (χ0) is 6.10. The van der Waals surface area contributed by atoms with E-state index >= 15 is 0 Å². The second kappa shape index (κ2) is 1.80. The van der Waals surface area contributed by atoms with E-state index in [9.17, 15) is 0 Å². The Balaban J connectivity index is 2.53. The Hall–Kier alpha value is -0.900. The number of H-pyrrole nitrogens is 1. The normalized spacial score (nSPS) is 14.7. The van der Waals surface area contributed by atoms with Crippen molar-refractivity contribution in [1.29, 1.82) is 0 Å². The van der Waals surface area contributed by atoms with Crippen molar-refractivity contribution in [2.24, 2.45) is 0 Å². The van der Waals surface area contributed by atoms with Crippen LogP contribution in [0.25, 0.3) is 6.08 Å². The zero-order valence-electron chi connectivity index (χ0n) is 4.59. The Morgan fingerprint density at radius 2 is 2.56 bits per heavy atom. The Kier molecular flexibility index (Phi) is 0.989. The monoisotopic (exact) mass is 139 g/mol. The van der Waals surface area contributed by atoms with Gasteiger partial charge >= 0.3 is 0 Å². The molecule has 1 aromatic heterocycles. The maximum atomic E-state index is 3.87. The van der Waals surface area contributed by atoms with E-state index in [2.05, 4.69) is 14.9 Å². The molecule has 2 N–H and O–H groups in total. The van der Waals surface area contributed by atoms with Crippen LogP contribution < -0.4 is 4.72 Å². The average Bonchev–Trinajstić information content (AvgIpc) is 2.33. The molecule has 0 atom stereocenters. The molecule has 0 unspecified atom stereocenters. The van der Waals surface area contributed by atoms with Gasteiger partial charge in [-0.1, -0.05) is 0 Å². The minimum atomic E-state index is 1.08. The minimum absolute atomic E-state index is 1.08. The molecule has 1 aromatic rings. The molecule has 0 spiro atoms. The highest BCUT2D eigenvalue weighted by molar-refractivity contribution is 7.97. The molecular formula is C5H5N3S. The topological polar surface area (TPSA) is 40.7 Å². The van der Waals surface area contributed by atoms with Crippen molar-refractivity contribution in [3.63, 3.8) is 0 Å². The second-order valence-electron chi connectivity index (χ2n) is 1.70. The lowest BCUT2D eigenvalue weighted by molar-refractivity contribution is 1.08. The molecule has 0 radical (unpaired) electrons. The SMILES string of the molecule is C1=Cc2[nH]ncc2SN1. The van der Waals surface area contributed by atoms with Crippen molar-refractivity contribution in [3.8, 4) is 0 Å². The van der Waals surface area contributed by atoms with Crippen LogP contribution in [0.15, 0.2) is 17.3 Å². The fourth-order valence-corrected chi connectivity index (χ4v) is 1.29. The summed E-state index contributed by atoms with van der Waals surface area (Å²) in [6.07, 6.45) is 5.64. The first-order valence-electron chi connectivity index (χ1n) is 2.59. The second-order valence-corrected chi connectivity index (χ2v) is 2.58. The van der Waals surface area contributed by atoms with Crippen LogP contribution in [0.3, 0.4) is 0 Å². The van der Waals surface area contributed by atoms with Crippen LogP contribution in [0.1, 0.15) is 5.69 Å². The molecule has 9 heavy (non-hydrogen) atoms. The first-order chi connectivity index (χ1) is 4.47. The Morgan fingerprint density at radius 3 is 3.44 bits per heavy atom. The Bertz CT molecular complexity index is 240. The van der Waals surface area contributed by atoms with E-state index in [-0.39, 0.29) is 0 Å². The minimum Gasteiger partial charge on any atom is -0.332 e. The van der Waals surface area contributed by atoms with Gasteiger partial charge in [0.2, 0.25) is 0 Å². The van der Waals surface area contributed by atoms with Gasteiger partial charge in [0, 0.05) is 6.20 Å². The molecule has 46 valence electrons. The van der Waals surface area contributed by atoms with E-state index in [0.29, 0.717) is 0 Å². The van der Waals surface area contributed by atoms with E-state index in [1.54, 1.807) is 18.1 Å². The molecule has 4 heteroatoms. The van der Waals surface area contributed by atoms with Gasteiger partial charge in [-0.2, -0.15) is 5.10 Å². The van der Waals surface area contributed by atoms with Gasteiger partial charge < -0.3 is 4.72 Å². The fraction of sp³-hybridized carbons (Fsp3) is 0. The summed E-state index contributed by atoms with van der Waals surface area (Å²) in [7, 11) is 0. The molecule has 0 saturated heterocycles. The van der Waals surface area contributed by atoms with Crippen molar-refractivity contribution in [2.45, 2.75) is 4.90 Å². The van der Waals surface area contributed by atoms with Crippen molar-refractivity contribution < 1.29 is 0 Å². The number of nitrogens with zero attached hydrogens (tertiary/aromatic N) is 1. The molecular weight excluding hydrogens is 134 g/mol. The third kappa shape index (κ3) is 0.712. The summed E-state index contributed by atoms with van der Waals surface area (Å²) in [5, 5.41) is 6.73. The summed E-state index contributed by atoms with van der Waals surface area (Å²) in [5.74, 6) is 0. The van der Waals surface area contributed by atoms with E-state index < -0.39 is 0 Å². The zero-order valence-corrected chi connectivity index (χ0v) is 5.40. The van der Waals surface area contributed by atoms with E-state index in [4.69, 9.17) is 0 Å². The highest BCUT2D eigenvalue weighted by atomic mass is 32.2.